The lowest BCUT2D eigenvalue weighted by molar-refractivity contribution is 0.124. The molecule has 0 aromatic carbocycles. The fourth-order valence-electron chi connectivity index (χ4n) is 11.8. The van der Waals surface area contributed by atoms with Crippen molar-refractivity contribution < 1.29 is 0 Å². The number of hydrogen-bond acceptors (Lipinski definition) is 0. The molecular weight excluding hydrogens is 528 g/mol. The molecule has 0 atom stereocenters. The van der Waals surface area contributed by atoms with E-state index in [9.17, 15) is 0 Å². The van der Waals surface area contributed by atoms with Gasteiger partial charge in [0, 0.05) is 0 Å². The molecule has 8 rings (SSSR count). The third-order valence-corrected chi connectivity index (χ3v) is 14.4. The zero-order valence-corrected chi connectivity index (χ0v) is 30.7. The maximum Gasteiger partial charge on any atom is -0.0297 e. The van der Waals surface area contributed by atoms with Crippen molar-refractivity contribution in [1.82, 2.24) is 0 Å². The summed E-state index contributed by atoms with van der Waals surface area (Å²) in [6, 6.07) is 0. The highest BCUT2D eigenvalue weighted by Crippen LogP contribution is 2.47. The third-order valence-electron chi connectivity index (χ3n) is 14.4. The SMILES string of the molecule is C1CC2CCCC(C1)C2.C1CCC(C2CCCCC2)CC1.C1CCC2(CC1)CCCCC2.C1CCC2CCCCC2C1.CC. The third kappa shape index (κ3) is 12.9. The fourth-order valence-corrected chi connectivity index (χ4v) is 11.8. The van der Waals surface area contributed by atoms with Crippen LogP contribution in [0.15, 0.2) is 0 Å². The lowest BCUT2D eigenvalue weighted by Gasteiger charge is -2.40. The molecule has 0 unspecified atom stereocenters. The van der Waals surface area contributed by atoms with Crippen molar-refractivity contribution in [3.8, 4) is 0 Å². The first kappa shape index (κ1) is 36.8. The highest BCUT2D eigenvalue weighted by Gasteiger charge is 2.33. The Bertz CT molecular complexity index is 587. The second-order valence-electron chi connectivity index (χ2n) is 17.3. The summed E-state index contributed by atoms with van der Waals surface area (Å²) in [5.74, 6) is 6.89. The molecule has 44 heavy (non-hydrogen) atoms. The van der Waals surface area contributed by atoms with E-state index in [-0.39, 0.29) is 0 Å². The van der Waals surface area contributed by atoms with Crippen LogP contribution < -0.4 is 0 Å². The van der Waals surface area contributed by atoms with Crippen molar-refractivity contribution in [1.29, 1.82) is 0 Å². The van der Waals surface area contributed by atoms with Crippen molar-refractivity contribution >= 4 is 0 Å². The second-order valence-corrected chi connectivity index (χ2v) is 17.3. The molecule has 0 amide bonds. The Morgan fingerprint density at radius 2 is 0.523 bits per heavy atom. The van der Waals surface area contributed by atoms with Gasteiger partial charge >= 0.3 is 0 Å². The quantitative estimate of drug-likeness (QED) is 0.277. The van der Waals surface area contributed by atoms with Gasteiger partial charge in [0.1, 0.15) is 0 Å². The van der Waals surface area contributed by atoms with E-state index in [1.165, 1.54) is 116 Å². The lowest BCUT2D eigenvalue weighted by Crippen LogP contribution is -2.26. The summed E-state index contributed by atoms with van der Waals surface area (Å²) in [7, 11) is 0. The molecule has 0 heteroatoms. The summed E-state index contributed by atoms with van der Waals surface area (Å²) in [5, 5.41) is 0. The normalized spacial score (nSPS) is 33.7. The number of rotatable bonds is 1. The minimum atomic E-state index is 0.858. The van der Waals surface area contributed by atoms with Gasteiger partial charge < -0.3 is 0 Å². The van der Waals surface area contributed by atoms with E-state index in [0.29, 0.717) is 0 Å². The molecule has 8 aliphatic rings. The van der Waals surface area contributed by atoms with Crippen LogP contribution in [0.1, 0.15) is 239 Å². The molecule has 0 radical (unpaired) electrons. The van der Waals surface area contributed by atoms with Crippen LogP contribution in [0.25, 0.3) is 0 Å². The topological polar surface area (TPSA) is 0 Å². The van der Waals surface area contributed by atoms with Crippen LogP contribution in [0.4, 0.5) is 0 Å². The summed E-state index contributed by atoms with van der Waals surface area (Å²) in [6.45, 7) is 4.00. The van der Waals surface area contributed by atoms with Gasteiger partial charge in [-0.15, -0.1) is 0 Å². The van der Waals surface area contributed by atoms with E-state index in [1.54, 1.807) is 109 Å². The molecule has 258 valence electrons. The van der Waals surface area contributed by atoms with Gasteiger partial charge in [-0.25, -0.2) is 0 Å². The summed E-state index contributed by atoms with van der Waals surface area (Å²) >= 11 is 0. The molecule has 0 heterocycles. The molecule has 0 saturated heterocycles. The Morgan fingerprint density at radius 1 is 0.273 bits per heavy atom. The van der Waals surface area contributed by atoms with Crippen LogP contribution in [0, 0.1) is 40.9 Å². The van der Waals surface area contributed by atoms with Crippen LogP contribution in [-0.2, 0) is 0 Å². The van der Waals surface area contributed by atoms with Crippen molar-refractivity contribution in [3.63, 3.8) is 0 Å². The van der Waals surface area contributed by atoms with Crippen LogP contribution in [-0.4, -0.2) is 0 Å². The lowest BCUT2D eigenvalue weighted by atomic mass is 9.65. The Labute approximate surface area is 278 Å². The molecule has 8 fully saturated rings. The highest BCUT2D eigenvalue weighted by molar-refractivity contribution is 4.85. The predicted molar refractivity (Wildman–Crippen MR) is 196 cm³/mol. The van der Waals surface area contributed by atoms with Gasteiger partial charge in [0.05, 0.1) is 0 Å². The first-order chi connectivity index (χ1) is 21.8. The van der Waals surface area contributed by atoms with Crippen molar-refractivity contribution in [2.45, 2.75) is 239 Å². The first-order valence-electron chi connectivity index (χ1n) is 21.8. The Hall–Kier alpha value is 0. The van der Waals surface area contributed by atoms with Crippen LogP contribution >= 0.6 is 0 Å². The molecule has 2 bridgehead atoms. The van der Waals surface area contributed by atoms with E-state index in [2.05, 4.69) is 0 Å². The zero-order chi connectivity index (χ0) is 30.7. The number of hydrogen-bond donors (Lipinski definition) is 0. The average Bonchev–Trinajstić information content (AvgIpc) is 3.12. The molecule has 8 saturated carbocycles. The van der Waals surface area contributed by atoms with Crippen LogP contribution in [0.3, 0.4) is 0 Å². The van der Waals surface area contributed by atoms with Gasteiger partial charge in [-0.3, -0.25) is 0 Å². The van der Waals surface area contributed by atoms with Gasteiger partial charge in [-0.05, 0) is 73.0 Å². The van der Waals surface area contributed by atoms with Crippen LogP contribution in [0.2, 0.25) is 0 Å². The van der Waals surface area contributed by atoms with E-state index in [1.807, 2.05) is 13.8 Å². The predicted octanol–water partition coefficient (Wildman–Crippen LogP) is 15.4. The monoisotopic (exact) mass is 611 g/mol. The van der Waals surface area contributed by atoms with E-state index >= 15 is 0 Å². The van der Waals surface area contributed by atoms with Crippen molar-refractivity contribution in [3.05, 3.63) is 0 Å². The van der Waals surface area contributed by atoms with E-state index < -0.39 is 0 Å². The van der Waals surface area contributed by atoms with Gasteiger partial charge in [0.2, 0.25) is 0 Å². The zero-order valence-electron chi connectivity index (χ0n) is 30.7. The second kappa shape index (κ2) is 21.8. The Morgan fingerprint density at radius 3 is 0.795 bits per heavy atom. The first-order valence-corrected chi connectivity index (χ1v) is 21.8. The van der Waals surface area contributed by atoms with E-state index in [0.717, 1.165) is 40.9 Å². The van der Waals surface area contributed by atoms with Crippen molar-refractivity contribution in [2.75, 3.05) is 0 Å². The smallest absolute Gasteiger partial charge is 0.0297 e. The Kier molecular flexibility index (Phi) is 18.2. The summed E-state index contributed by atoms with van der Waals surface area (Å²) in [4.78, 5) is 0. The number of fused-ring (bicyclic) bond motifs is 3. The molecule has 0 aliphatic heterocycles. The van der Waals surface area contributed by atoms with Gasteiger partial charge in [-0.2, -0.15) is 0 Å². The summed E-state index contributed by atoms with van der Waals surface area (Å²) < 4.78 is 0. The molecular formula is C44H82. The summed E-state index contributed by atoms with van der Waals surface area (Å²) in [6.07, 6.45) is 54.0. The summed E-state index contributed by atoms with van der Waals surface area (Å²) in [5.41, 5.74) is 0.858. The van der Waals surface area contributed by atoms with Gasteiger partial charge in [0.15, 0.2) is 0 Å². The van der Waals surface area contributed by atoms with Gasteiger partial charge in [-0.1, -0.05) is 206 Å². The van der Waals surface area contributed by atoms with Gasteiger partial charge in [0.25, 0.3) is 0 Å². The molecule has 0 aromatic rings. The van der Waals surface area contributed by atoms with E-state index in [4.69, 9.17) is 0 Å². The standard InChI is InChI=1S/C12H22.C11H20.C10H18.C9H16.C2H6/c1-3-7-11(8-4-1)12-9-5-2-6-10-12;1-3-7-11(8-4-1)9-5-2-6-10-11;1-2-6-10-8-4-3-7-9(10)5-1;1-3-8-5-2-6-9(4-1)7-8;1-2/h11-12H,1-10H2;1-10H2;9-10H,1-8H2;8-9H,1-7H2;1-2H3. The van der Waals surface area contributed by atoms with Crippen LogP contribution in [0.5, 0.6) is 0 Å². The largest absolute Gasteiger partial charge is 0.0683 e. The maximum atomic E-state index is 2.00. The minimum absolute atomic E-state index is 0.858. The minimum Gasteiger partial charge on any atom is -0.0683 e. The molecule has 0 nitrogen and oxygen atoms in total. The Balaban J connectivity index is 0.000000132. The average molecular weight is 611 g/mol. The molecule has 0 aromatic heterocycles. The van der Waals surface area contributed by atoms with Crippen molar-refractivity contribution in [2.24, 2.45) is 40.9 Å². The maximum absolute atomic E-state index is 2.00. The molecule has 1 spiro atoms. The molecule has 8 aliphatic carbocycles. The fraction of sp³-hybridized carbons (Fsp3) is 1.00. The highest BCUT2D eigenvalue weighted by atomic mass is 14.4. The molecule has 0 N–H and O–H groups in total.